The van der Waals surface area contributed by atoms with E-state index in [2.05, 4.69) is 15.6 Å². The van der Waals surface area contributed by atoms with Gasteiger partial charge in [-0.2, -0.15) is 0 Å². The molecule has 6 rings (SSSR count). The fourth-order valence-electron chi connectivity index (χ4n) is 6.05. The molecule has 7 heteroatoms. The Kier molecular flexibility index (Phi) is 5.37. The van der Waals surface area contributed by atoms with Crippen LogP contribution in [0.1, 0.15) is 38.5 Å². The van der Waals surface area contributed by atoms with E-state index in [0.29, 0.717) is 5.75 Å². The summed E-state index contributed by atoms with van der Waals surface area (Å²) in [7, 11) is 0. The molecule has 4 saturated carbocycles. The highest BCUT2D eigenvalue weighted by Crippen LogP contribution is 2.60. The van der Waals surface area contributed by atoms with Crippen LogP contribution in [0.3, 0.4) is 0 Å². The Labute approximate surface area is 180 Å². The summed E-state index contributed by atoms with van der Waals surface area (Å²) in [4.78, 5) is 29.8. The molecule has 1 aliphatic heterocycles. The van der Waals surface area contributed by atoms with Gasteiger partial charge in [0.15, 0.2) is 0 Å². The molecule has 154 valence electrons. The molecular weight excluding hydrogens is 402 g/mol. The molecule has 0 unspecified atom stereocenters. The molecule has 29 heavy (non-hydrogen) atoms. The lowest BCUT2D eigenvalue weighted by Crippen LogP contribution is -2.51. The first-order valence-electron chi connectivity index (χ1n) is 10.6. The highest BCUT2D eigenvalue weighted by Gasteiger charge is 2.54. The van der Waals surface area contributed by atoms with E-state index in [9.17, 15) is 9.59 Å². The van der Waals surface area contributed by atoms with Crippen LogP contribution in [-0.2, 0) is 9.59 Å². The van der Waals surface area contributed by atoms with E-state index < -0.39 is 0 Å². The summed E-state index contributed by atoms with van der Waals surface area (Å²) in [6, 6.07) is 7.52. The SMILES string of the molecule is O=C(CSC1=NCCS1)Nc1cccc(NC(=O)C23CC4CC(CC(C4)C2)C3)c1. The van der Waals surface area contributed by atoms with E-state index in [0.717, 1.165) is 65.1 Å². The van der Waals surface area contributed by atoms with Crippen LogP contribution in [0.15, 0.2) is 29.3 Å². The molecule has 1 heterocycles. The molecule has 1 aromatic rings. The van der Waals surface area contributed by atoms with Crippen molar-refractivity contribution >= 4 is 51.1 Å². The molecule has 0 spiro atoms. The standard InChI is InChI=1S/C22H27N3O2S2/c26-19(13-29-21-23-4-5-28-21)24-17-2-1-3-18(9-17)25-20(27)22-10-14-6-15(11-22)8-16(7-14)12-22/h1-3,9,14-16H,4-8,10-13H2,(H,24,26)(H,25,27). The Morgan fingerprint density at radius 2 is 1.72 bits per heavy atom. The van der Waals surface area contributed by atoms with Crippen LogP contribution >= 0.6 is 23.5 Å². The number of rotatable bonds is 5. The van der Waals surface area contributed by atoms with Crippen molar-refractivity contribution in [2.24, 2.45) is 28.2 Å². The average Bonchev–Trinajstić information content (AvgIpc) is 3.19. The van der Waals surface area contributed by atoms with E-state index in [4.69, 9.17) is 0 Å². The number of carbonyl (C=O) groups is 2. The van der Waals surface area contributed by atoms with Crippen LogP contribution < -0.4 is 10.6 Å². The fourth-order valence-corrected chi connectivity index (χ4v) is 7.86. The summed E-state index contributed by atoms with van der Waals surface area (Å²) in [5, 5.41) is 6.11. The zero-order valence-electron chi connectivity index (χ0n) is 16.5. The van der Waals surface area contributed by atoms with Gasteiger partial charge in [-0.05, 0) is 74.5 Å². The molecule has 4 fully saturated rings. The van der Waals surface area contributed by atoms with Crippen molar-refractivity contribution in [1.29, 1.82) is 0 Å². The first-order valence-corrected chi connectivity index (χ1v) is 12.6. The van der Waals surface area contributed by atoms with Gasteiger partial charge in [0.25, 0.3) is 0 Å². The minimum absolute atomic E-state index is 0.0465. The lowest BCUT2D eigenvalue weighted by molar-refractivity contribution is -0.140. The Bertz CT molecular complexity index is 819. The lowest BCUT2D eigenvalue weighted by atomic mass is 9.49. The molecule has 2 N–H and O–H groups in total. The quantitative estimate of drug-likeness (QED) is 0.717. The second-order valence-electron chi connectivity index (χ2n) is 9.07. The first kappa shape index (κ1) is 19.5. The van der Waals surface area contributed by atoms with E-state index in [1.165, 1.54) is 31.0 Å². The molecule has 4 aliphatic carbocycles. The summed E-state index contributed by atoms with van der Waals surface area (Å²) in [6.45, 7) is 0.847. The van der Waals surface area contributed by atoms with E-state index >= 15 is 0 Å². The third-order valence-corrected chi connectivity index (χ3v) is 9.06. The third kappa shape index (κ3) is 4.22. The smallest absolute Gasteiger partial charge is 0.234 e. The highest BCUT2D eigenvalue weighted by molar-refractivity contribution is 8.39. The minimum Gasteiger partial charge on any atom is -0.326 e. The Morgan fingerprint density at radius 1 is 1.07 bits per heavy atom. The Hall–Kier alpha value is -1.47. The molecule has 5 aliphatic rings. The number of carbonyl (C=O) groups excluding carboxylic acids is 2. The normalized spacial score (nSPS) is 32.1. The van der Waals surface area contributed by atoms with Gasteiger partial charge in [0, 0.05) is 17.1 Å². The third-order valence-electron chi connectivity index (χ3n) is 6.81. The predicted octanol–water partition coefficient (Wildman–Crippen LogP) is 4.62. The summed E-state index contributed by atoms with van der Waals surface area (Å²) in [6.07, 6.45) is 7.16. The van der Waals surface area contributed by atoms with Crippen LogP contribution in [0.4, 0.5) is 11.4 Å². The molecule has 0 atom stereocenters. The number of thioether (sulfide) groups is 2. The summed E-state index contributed by atoms with van der Waals surface area (Å²) in [5.74, 6) is 3.75. The largest absolute Gasteiger partial charge is 0.326 e. The van der Waals surface area contributed by atoms with Crippen molar-refractivity contribution in [2.75, 3.05) is 28.7 Å². The Morgan fingerprint density at radius 3 is 2.34 bits per heavy atom. The maximum atomic E-state index is 13.2. The van der Waals surface area contributed by atoms with Gasteiger partial charge in [0.2, 0.25) is 11.8 Å². The maximum Gasteiger partial charge on any atom is 0.234 e. The number of nitrogens with zero attached hydrogens (tertiary/aromatic N) is 1. The van der Waals surface area contributed by atoms with Gasteiger partial charge in [0.05, 0.1) is 17.7 Å². The summed E-state index contributed by atoms with van der Waals surface area (Å²) >= 11 is 3.20. The molecule has 5 nitrogen and oxygen atoms in total. The maximum absolute atomic E-state index is 13.2. The van der Waals surface area contributed by atoms with Gasteiger partial charge in [0.1, 0.15) is 4.38 Å². The van der Waals surface area contributed by atoms with Crippen molar-refractivity contribution in [3.05, 3.63) is 24.3 Å². The number of anilines is 2. The monoisotopic (exact) mass is 429 g/mol. The average molecular weight is 430 g/mol. The van der Waals surface area contributed by atoms with Gasteiger partial charge >= 0.3 is 0 Å². The van der Waals surface area contributed by atoms with Gasteiger partial charge < -0.3 is 10.6 Å². The predicted molar refractivity (Wildman–Crippen MR) is 122 cm³/mol. The zero-order valence-corrected chi connectivity index (χ0v) is 18.1. The first-order chi connectivity index (χ1) is 14.1. The van der Waals surface area contributed by atoms with Gasteiger partial charge in [-0.3, -0.25) is 14.6 Å². The zero-order chi connectivity index (χ0) is 19.8. The van der Waals surface area contributed by atoms with Crippen LogP contribution in [0.25, 0.3) is 0 Å². The second kappa shape index (κ2) is 7.99. The summed E-state index contributed by atoms with van der Waals surface area (Å²) in [5.41, 5.74) is 1.33. The number of hydrogen-bond donors (Lipinski definition) is 2. The number of benzene rings is 1. The molecule has 1 aromatic carbocycles. The Balaban J connectivity index is 1.20. The van der Waals surface area contributed by atoms with Crippen molar-refractivity contribution in [3.63, 3.8) is 0 Å². The van der Waals surface area contributed by atoms with E-state index in [1.54, 1.807) is 11.8 Å². The van der Waals surface area contributed by atoms with Crippen LogP contribution in [-0.4, -0.2) is 34.2 Å². The second-order valence-corrected chi connectivity index (χ2v) is 11.4. The topological polar surface area (TPSA) is 70.6 Å². The number of hydrogen-bond acceptors (Lipinski definition) is 5. The van der Waals surface area contributed by atoms with Gasteiger partial charge in [-0.25, -0.2) is 0 Å². The molecule has 4 bridgehead atoms. The van der Waals surface area contributed by atoms with E-state index in [1.807, 2.05) is 24.3 Å². The molecule has 0 radical (unpaired) electrons. The van der Waals surface area contributed by atoms with Crippen molar-refractivity contribution in [2.45, 2.75) is 38.5 Å². The van der Waals surface area contributed by atoms with Crippen molar-refractivity contribution < 1.29 is 9.59 Å². The van der Waals surface area contributed by atoms with Crippen molar-refractivity contribution in [3.8, 4) is 0 Å². The molecule has 0 aromatic heterocycles. The molecule has 2 amide bonds. The van der Waals surface area contributed by atoms with Gasteiger partial charge in [-0.15, -0.1) is 0 Å². The summed E-state index contributed by atoms with van der Waals surface area (Å²) < 4.78 is 0.997. The number of amides is 2. The van der Waals surface area contributed by atoms with Crippen LogP contribution in [0.2, 0.25) is 0 Å². The van der Waals surface area contributed by atoms with Gasteiger partial charge in [-0.1, -0.05) is 29.6 Å². The molecule has 0 saturated heterocycles. The van der Waals surface area contributed by atoms with Crippen molar-refractivity contribution in [1.82, 2.24) is 0 Å². The van der Waals surface area contributed by atoms with Crippen LogP contribution in [0, 0.1) is 23.2 Å². The van der Waals surface area contributed by atoms with E-state index in [-0.39, 0.29) is 17.2 Å². The number of aliphatic imine (C=N–C) groups is 1. The minimum atomic E-state index is -0.162. The lowest BCUT2D eigenvalue weighted by Gasteiger charge is -2.55. The number of nitrogens with one attached hydrogen (secondary N) is 2. The highest BCUT2D eigenvalue weighted by atomic mass is 32.2. The molecular formula is C22H27N3O2S2. The van der Waals surface area contributed by atoms with Crippen LogP contribution in [0.5, 0.6) is 0 Å². The fraction of sp³-hybridized carbons (Fsp3) is 0.591.